The van der Waals surface area contributed by atoms with Gasteiger partial charge in [0.2, 0.25) is 0 Å². The second kappa shape index (κ2) is 6.66. The molecule has 0 saturated heterocycles. The van der Waals surface area contributed by atoms with Crippen LogP contribution in [-0.4, -0.2) is 19.2 Å². The number of halogens is 2. The van der Waals surface area contributed by atoms with E-state index in [1.54, 1.807) is 13.0 Å². The van der Waals surface area contributed by atoms with E-state index in [-0.39, 0.29) is 6.16 Å². The Morgan fingerprint density at radius 2 is 1.96 bits per heavy atom. The van der Waals surface area contributed by atoms with Gasteiger partial charge in [0, 0.05) is 10.0 Å². The first-order valence-corrected chi connectivity index (χ1v) is 10.7. The van der Waals surface area contributed by atoms with Crippen LogP contribution >= 0.6 is 39.2 Å². The summed E-state index contributed by atoms with van der Waals surface area (Å²) in [5.74, 6) is -0.381. The summed E-state index contributed by atoms with van der Waals surface area (Å²) < 4.78 is 26.0. The van der Waals surface area contributed by atoms with Gasteiger partial charge in [-0.1, -0.05) is 41.1 Å². The monoisotopic (exact) mass is 472 g/mol. The van der Waals surface area contributed by atoms with Crippen molar-refractivity contribution in [3.8, 4) is 16.9 Å². The van der Waals surface area contributed by atoms with E-state index in [2.05, 4.69) is 31.9 Å². The van der Waals surface area contributed by atoms with Gasteiger partial charge in [0.15, 0.2) is 0 Å². The highest BCUT2D eigenvalue weighted by Crippen LogP contribution is 2.57. The number of fused-ring (bicyclic) bond motifs is 3. The third-order valence-electron chi connectivity index (χ3n) is 3.93. The highest BCUT2D eigenvalue weighted by molar-refractivity contribution is 9.11. The Bertz CT molecular complexity index is 866. The van der Waals surface area contributed by atoms with Crippen LogP contribution in [-0.2, 0) is 14.1 Å². The Kier molecular flexibility index (Phi) is 4.92. The number of methoxy groups -OCH3 is 1. The van der Waals surface area contributed by atoms with Crippen molar-refractivity contribution in [3.63, 3.8) is 0 Å². The lowest BCUT2D eigenvalue weighted by molar-refractivity contribution is -0.144. The summed E-state index contributed by atoms with van der Waals surface area (Å²) in [4.78, 5) is 11.8. The van der Waals surface area contributed by atoms with Crippen molar-refractivity contribution < 1.29 is 18.6 Å². The van der Waals surface area contributed by atoms with Gasteiger partial charge in [0.1, 0.15) is 5.75 Å². The molecule has 0 aromatic heterocycles. The zero-order valence-corrected chi connectivity index (χ0v) is 17.2. The van der Waals surface area contributed by atoms with E-state index in [9.17, 15) is 9.36 Å². The number of rotatable bonds is 3. The third-order valence-corrected chi connectivity index (χ3v) is 7.60. The molecule has 0 fully saturated rings. The van der Waals surface area contributed by atoms with Crippen molar-refractivity contribution in [2.75, 3.05) is 13.3 Å². The standard InChI is InChI=1S/C17H15Br2O4P/c1-10(17(20)22-2)9-24(21)15-6-4-3-5-12(15)13-7-11(18)8-14(19)16(13)23-24/h3-8,10H,9H2,1-2H3. The molecule has 2 aromatic carbocycles. The number of esters is 1. The molecular formula is C17H15Br2O4P. The highest BCUT2D eigenvalue weighted by atomic mass is 79.9. The minimum atomic E-state index is -3.25. The van der Waals surface area contributed by atoms with Crippen LogP contribution in [0.4, 0.5) is 0 Å². The van der Waals surface area contributed by atoms with Gasteiger partial charge in [-0.2, -0.15) is 0 Å². The van der Waals surface area contributed by atoms with E-state index < -0.39 is 19.3 Å². The lowest BCUT2D eigenvalue weighted by atomic mass is 10.0. The molecule has 24 heavy (non-hydrogen) atoms. The molecule has 2 aromatic rings. The first-order chi connectivity index (χ1) is 11.4. The highest BCUT2D eigenvalue weighted by Gasteiger charge is 2.39. The average Bonchev–Trinajstić information content (AvgIpc) is 2.55. The van der Waals surface area contributed by atoms with E-state index in [4.69, 9.17) is 9.26 Å². The summed E-state index contributed by atoms with van der Waals surface area (Å²) in [5.41, 5.74) is 1.73. The molecule has 0 radical (unpaired) electrons. The molecule has 0 amide bonds. The van der Waals surface area contributed by atoms with E-state index in [1.807, 2.05) is 30.3 Å². The smallest absolute Gasteiger partial charge is 0.308 e. The first kappa shape index (κ1) is 17.7. The van der Waals surface area contributed by atoms with Crippen molar-refractivity contribution in [1.82, 2.24) is 0 Å². The summed E-state index contributed by atoms with van der Waals surface area (Å²) in [6, 6.07) is 11.2. The fraction of sp³-hybridized carbons (Fsp3) is 0.235. The van der Waals surface area contributed by atoms with Crippen LogP contribution in [0.3, 0.4) is 0 Å². The zero-order chi connectivity index (χ0) is 17.5. The number of ether oxygens (including phenoxy) is 1. The van der Waals surface area contributed by atoms with Crippen LogP contribution in [0.15, 0.2) is 45.3 Å². The fourth-order valence-corrected chi connectivity index (χ4v) is 6.86. The van der Waals surface area contributed by atoms with Crippen LogP contribution in [0.1, 0.15) is 6.92 Å². The summed E-state index contributed by atoms with van der Waals surface area (Å²) in [7, 11) is -1.92. The minimum absolute atomic E-state index is 0.0959. The largest absolute Gasteiger partial charge is 0.469 e. The zero-order valence-electron chi connectivity index (χ0n) is 13.1. The molecule has 0 spiro atoms. The summed E-state index contributed by atoms with van der Waals surface area (Å²) in [6.07, 6.45) is 0.0959. The third kappa shape index (κ3) is 3.07. The Morgan fingerprint density at radius 3 is 2.67 bits per heavy atom. The lowest BCUT2D eigenvalue weighted by Crippen LogP contribution is -2.25. The molecule has 4 nitrogen and oxygen atoms in total. The second-order valence-corrected chi connectivity index (χ2v) is 9.80. The molecule has 0 bridgehead atoms. The van der Waals surface area contributed by atoms with Gasteiger partial charge in [-0.25, -0.2) is 0 Å². The average molecular weight is 474 g/mol. The molecule has 1 aliphatic rings. The van der Waals surface area contributed by atoms with Crippen LogP contribution in [0.25, 0.3) is 11.1 Å². The van der Waals surface area contributed by atoms with Gasteiger partial charge in [-0.05, 0) is 39.7 Å². The van der Waals surface area contributed by atoms with Gasteiger partial charge < -0.3 is 9.26 Å². The minimum Gasteiger partial charge on any atom is -0.469 e. The summed E-state index contributed by atoms with van der Waals surface area (Å²) >= 11 is 6.95. The predicted molar refractivity (Wildman–Crippen MR) is 101 cm³/mol. The number of benzene rings is 2. The molecule has 3 rings (SSSR count). The van der Waals surface area contributed by atoms with Gasteiger partial charge in [-0.15, -0.1) is 0 Å². The summed E-state index contributed by atoms with van der Waals surface area (Å²) in [6.45, 7) is 1.70. The molecule has 1 aliphatic heterocycles. The second-order valence-electron chi connectivity index (χ2n) is 5.65. The molecular weight excluding hydrogens is 459 g/mol. The maximum absolute atomic E-state index is 13.6. The Labute approximate surface area is 157 Å². The van der Waals surface area contributed by atoms with Gasteiger partial charge in [0.25, 0.3) is 7.37 Å². The van der Waals surface area contributed by atoms with E-state index in [1.165, 1.54) is 7.11 Å². The Balaban J connectivity index is 2.15. The van der Waals surface area contributed by atoms with Crippen molar-refractivity contribution in [2.45, 2.75) is 6.92 Å². The van der Waals surface area contributed by atoms with Crippen molar-refractivity contribution in [3.05, 3.63) is 45.3 Å². The molecule has 1 heterocycles. The molecule has 2 atom stereocenters. The maximum atomic E-state index is 13.6. The van der Waals surface area contributed by atoms with Gasteiger partial charge in [-0.3, -0.25) is 9.36 Å². The van der Waals surface area contributed by atoms with Crippen molar-refractivity contribution in [1.29, 1.82) is 0 Å². The maximum Gasteiger partial charge on any atom is 0.308 e. The van der Waals surface area contributed by atoms with E-state index in [0.29, 0.717) is 15.5 Å². The van der Waals surface area contributed by atoms with Crippen LogP contribution in [0, 0.1) is 5.92 Å². The Morgan fingerprint density at radius 1 is 1.25 bits per heavy atom. The van der Waals surface area contributed by atoms with E-state index in [0.717, 1.165) is 15.6 Å². The molecule has 2 unspecified atom stereocenters. The number of carbonyl (C=O) groups excluding carboxylic acids is 1. The number of carbonyl (C=O) groups is 1. The quantitative estimate of drug-likeness (QED) is 0.465. The van der Waals surface area contributed by atoms with Gasteiger partial charge in [0.05, 0.1) is 29.0 Å². The number of hydrogen-bond donors (Lipinski definition) is 0. The van der Waals surface area contributed by atoms with Crippen molar-refractivity contribution >= 4 is 50.5 Å². The van der Waals surface area contributed by atoms with Crippen LogP contribution in [0.2, 0.25) is 0 Å². The molecule has 0 saturated carbocycles. The predicted octanol–water partition coefficient (Wildman–Crippen LogP) is 4.98. The first-order valence-electron chi connectivity index (χ1n) is 7.31. The molecule has 0 aliphatic carbocycles. The normalized spacial score (nSPS) is 19.7. The van der Waals surface area contributed by atoms with Crippen LogP contribution < -0.4 is 9.83 Å². The SMILES string of the molecule is COC(=O)C(C)CP1(=O)Oc2c(Br)cc(Br)cc2-c2ccccc21. The lowest BCUT2D eigenvalue weighted by Gasteiger charge is -2.30. The topological polar surface area (TPSA) is 52.6 Å². The van der Waals surface area contributed by atoms with Crippen molar-refractivity contribution in [2.24, 2.45) is 5.92 Å². The number of hydrogen-bond acceptors (Lipinski definition) is 4. The Hall–Kier alpha value is -1.10. The van der Waals surface area contributed by atoms with Crippen LogP contribution in [0.5, 0.6) is 5.75 Å². The molecule has 0 N–H and O–H groups in total. The summed E-state index contributed by atoms with van der Waals surface area (Å²) in [5, 5.41) is 0.637. The fourth-order valence-electron chi connectivity index (χ4n) is 2.82. The van der Waals surface area contributed by atoms with Gasteiger partial charge >= 0.3 is 5.97 Å². The molecule has 126 valence electrons. The van der Waals surface area contributed by atoms with E-state index >= 15 is 0 Å². The molecule has 7 heteroatoms.